The van der Waals surface area contributed by atoms with Crippen molar-refractivity contribution in [1.29, 1.82) is 5.26 Å². The second-order valence-electron chi connectivity index (χ2n) is 9.62. The van der Waals surface area contributed by atoms with Gasteiger partial charge >= 0.3 is 6.03 Å². The van der Waals surface area contributed by atoms with Gasteiger partial charge in [0, 0.05) is 43.9 Å². The summed E-state index contributed by atoms with van der Waals surface area (Å²) in [5.41, 5.74) is 2.99. The van der Waals surface area contributed by atoms with Gasteiger partial charge in [0.15, 0.2) is 0 Å². The SMILES string of the molecule is N#CC1(C(=O)N2CCC(c3ccc(NC(=O)NCc4ccn5ccnc5c4)cc3)CC2)CCCC1. The number of fused-ring (bicyclic) bond motifs is 1. The van der Waals surface area contributed by atoms with E-state index in [0.29, 0.717) is 38.4 Å². The van der Waals surface area contributed by atoms with Crippen molar-refractivity contribution in [3.63, 3.8) is 0 Å². The highest BCUT2D eigenvalue weighted by molar-refractivity contribution is 5.89. The van der Waals surface area contributed by atoms with E-state index in [4.69, 9.17) is 0 Å². The zero-order valence-corrected chi connectivity index (χ0v) is 19.7. The van der Waals surface area contributed by atoms with Gasteiger partial charge in [-0.1, -0.05) is 25.0 Å². The molecule has 0 spiro atoms. The standard InChI is InChI=1S/C27H30N6O2/c28-19-27(10-1-2-11-27)25(34)33-14-8-22(9-15-33)21-3-5-23(6-4-21)31-26(35)30-18-20-7-13-32-16-12-29-24(32)17-20/h3-7,12-13,16-17,22H,1-2,8-11,14-15,18H2,(H2,30,31,35). The number of anilines is 1. The number of hydrogen-bond acceptors (Lipinski definition) is 4. The monoisotopic (exact) mass is 470 g/mol. The van der Waals surface area contributed by atoms with Gasteiger partial charge in [-0.2, -0.15) is 5.26 Å². The first-order chi connectivity index (χ1) is 17.1. The Balaban J connectivity index is 1.10. The fourth-order valence-corrected chi connectivity index (χ4v) is 5.33. The maximum absolute atomic E-state index is 13.0. The highest BCUT2D eigenvalue weighted by atomic mass is 16.2. The van der Waals surface area contributed by atoms with Gasteiger partial charge in [-0.25, -0.2) is 9.78 Å². The lowest BCUT2D eigenvalue weighted by atomic mass is 9.84. The number of piperidine rings is 1. The summed E-state index contributed by atoms with van der Waals surface area (Å²) < 4.78 is 1.92. The van der Waals surface area contributed by atoms with Crippen molar-refractivity contribution >= 4 is 23.3 Å². The van der Waals surface area contributed by atoms with Crippen LogP contribution in [0.2, 0.25) is 0 Å². The molecule has 0 unspecified atom stereocenters. The van der Waals surface area contributed by atoms with Crippen molar-refractivity contribution in [2.45, 2.75) is 51.0 Å². The molecule has 5 rings (SSSR count). The lowest BCUT2D eigenvalue weighted by Crippen LogP contribution is -2.45. The molecule has 8 nitrogen and oxygen atoms in total. The van der Waals surface area contributed by atoms with Crippen LogP contribution in [0, 0.1) is 16.7 Å². The highest BCUT2D eigenvalue weighted by Gasteiger charge is 2.44. The molecule has 2 fully saturated rings. The number of benzene rings is 1. The molecule has 180 valence electrons. The van der Waals surface area contributed by atoms with Gasteiger partial charge in [-0.05, 0) is 67.0 Å². The van der Waals surface area contributed by atoms with Gasteiger partial charge in [0.1, 0.15) is 11.1 Å². The first-order valence-corrected chi connectivity index (χ1v) is 12.3. The van der Waals surface area contributed by atoms with Crippen LogP contribution in [0.1, 0.15) is 55.6 Å². The second kappa shape index (κ2) is 9.79. The Hall–Kier alpha value is -3.86. The van der Waals surface area contributed by atoms with Crippen molar-refractivity contribution in [2.24, 2.45) is 5.41 Å². The van der Waals surface area contributed by atoms with Crippen LogP contribution in [0.15, 0.2) is 55.0 Å². The fraction of sp³-hybridized carbons (Fsp3) is 0.407. The van der Waals surface area contributed by atoms with Crippen molar-refractivity contribution < 1.29 is 9.59 Å². The molecule has 0 radical (unpaired) electrons. The number of carbonyl (C=O) groups excluding carboxylic acids is 2. The van der Waals surface area contributed by atoms with E-state index in [1.54, 1.807) is 6.20 Å². The summed E-state index contributed by atoms with van der Waals surface area (Å²) in [5.74, 6) is 0.410. The molecule has 0 atom stereocenters. The number of pyridine rings is 1. The van der Waals surface area contributed by atoms with Crippen molar-refractivity contribution in [3.8, 4) is 6.07 Å². The summed E-state index contributed by atoms with van der Waals surface area (Å²) in [6.45, 7) is 1.80. The number of likely N-dealkylation sites (tertiary alicyclic amines) is 1. The number of carbonyl (C=O) groups is 2. The summed E-state index contributed by atoms with van der Waals surface area (Å²) in [6.07, 6.45) is 10.7. The summed E-state index contributed by atoms with van der Waals surface area (Å²) in [4.78, 5) is 31.5. The molecule has 3 amide bonds. The molecule has 3 heterocycles. The minimum atomic E-state index is -0.785. The fourth-order valence-electron chi connectivity index (χ4n) is 5.33. The van der Waals surface area contributed by atoms with Crippen LogP contribution in [0.5, 0.6) is 0 Å². The zero-order chi connectivity index (χ0) is 24.3. The number of urea groups is 1. The average molecular weight is 471 g/mol. The van der Waals surface area contributed by atoms with E-state index in [2.05, 4.69) is 33.8 Å². The van der Waals surface area contributed by atoms with Crippen LogP contribution in [0.25, 0.3) is 5.65 Å². The Labute approximate surface area is 204 Å². The minimum Gasteiger partial charge on any atom is -0.341 e. The van der Waals surface area contributed by atoms with E-state index in [1.807, 2.05) is 46.0 Å². The van der Waals surface area contributed by atoms with Crippen LogP contribution < -0.4 is 10.6 Å². The molecule has 35 heavy (non-hydrogen) atoms. The predicted molar refractivity (Wildman–Crippen MR) is 133 cm³/mol. The van der Waals surface area contributed by atoms with Crippen molar-refractivity contribution in [1.82, 2.24) is 19.6 Å². The number of amides is 3. The summed E-state index contributed by atoms with van der Waals surface area (Å²) >= 11 is 0. The third-order valence-electron chi connectivity index (χ3n) is 7.42. The molecule has 1 saturated heterocycles. The number of rotatable bonds is 5. The molecule has 2 N–H and O–H groups in total. The van der Waals surface area contributed by atoms with Crippen LogP contribution in [0.4, 0.5) is 10.5 Å². The molecule has 0 bridgehead atoms. The van der Waals surface area contributed by atoms with Crippen LogP contribution in [0.3, 0.4) is 0 Å². The third kappa shape index (κ3) is 4.85. The van der Waals surface area contributed by atoms with Crippen LogP contribution >= 0.6 is 0 Å². The maximum Gasteiger partial charge on any atom is 0.319 e. The van der Waals surface area contributed by atoms with E-state index in [9.17, 15) is 14.9 Å². The van der Waals surface area contributed by atoms with E-state index in [-0.39, 0.29) is 11.9 Å². The summed E-state index contributed by atoms with van der Waals surface area (Å²) in [7, 11) is 0. The highest BCUT2D eigenvalue weighted by Crippen LogP contribution is 2.40. The molecule has 1 aliphatic heterocycles. The maximum atomic E-state index is 13.0. The first kappa shape index (κ1) is 22.9. The van der Waals surface area contributed by atoms with Crippen molar-refractivity contribution in [3.05, 3.63) is 66.1 Å². The molecular formula is C27H30N6O2. The van der Waals surface area contributed by atoms with Gasteiger partial charge in [0.05, 0.1) is 6.07 Å². The predicted octanol–water partition coefficient (Wildman–Crippen LogP) is 4.45. The van der Waals surface area contributed by atoms with Gasteiger partial charge in [0.2, 0.25) is 5.91 Å². The largest absolute Gasteiger partial charge is 0.341 e. The summed E-state index contributed by atoms with van der Waals surface area (Å²) in [6, 6.07) is 13.9. The van der Waals surface area contributed by atoms with Gasteiger partial charge in [0.25, 0.3) is 0 Å². The Morgan fingerprint density at radius 1 is 1.09 bits per heavy atom. The number of aromatic nitrogens is 2. The quantitative estimate of drug-likeness (QED) is 0.575. The molecule has 2 aromatic heterocycles. The Kier molecular flexibility index (Phi) is 6.41. The lowest BCUT2D eigenvalue weighted by Gasteiger charge is -2.36. The van der Waals surface area contributed by atoms with Gasteiger partial charge < -0.3 is 19.9 Å². The van der Waals surface area contributed by atoms with Crippen LogP contribution in [-0.4, -0.2) is 39.3 Å². The molecular weight excluding hydrogens is 440 g/mol. The molecule has 8 heteroatoms. The summed E-state index contributed by atoms with van der Waals surface area (Å²) in [5, 5.41) is 15.4. The molecule has 1 aromatic carbocycles. The average Bonchev–Trinajstić information content (AvgIpc) is 3.58. The zero-order valence-electron chi connectivity index (χ0n) is 19.7. The van der Waals surface area contributed by atoms with Gasteiger partial charge in [-0.15, -0.1) is 0 Å². The van der Waals surface area contributed by atoms with Crippen molar-refractivity contribution in [2.75, 3.05) is 18.4 Å². The third-order valence-corrected chi connectivity index (χ3v) is 7.42. The lowest BCUT2D eigenvalue weighted by molar-refractivity contribution is -0.139. The van der Waals surface area contributed by atoms with E-state index >= 15 is 0 Å². The molecule has 3 aromatic rings. The van der Waals surface area contributed by atoms with Crippen LogP contribution in [-0.2, 0) is 11.3 Å². The smallest absolute Gasteiger partial charge is 0.319 e. The molecule has 2 aliphatic rings. The number of nitriles is 1. The topological polar surface area (TPSA) is 103 Å². The number of imidazole rings is 1. The Bertz CT molecular complexity index is 1240. The van der Waals surface area contributed by atoms with Gasteiger partial charge in [-0.3, -0.25) is 4.79 Å². The number of nitrogens with zero attached hydrogens (tertiary/aromatic N) is 4. The molecule has 1 aliphatic carbocycles. The normalized spacial score (nSPS) is 17.7. The van der Waals surface area contributed by atoms with E-state index in [0.717, 1.165) is 42.6 Å². The Morgan fingerprint density at radius 2 is 1.83 bits per heavy atom. The number of hydrogen-bond donors (Lipinski definition) is 2. The van der Waals surface area contributed by atoms with E-state index < -0.39 is 5.41 Å². The molecule has 1 saturated carbocycles. The van der Waals surface area contributed by atoms with E-state index in [1.165, 1.54) is 5.56 Å². The minimum absolute atomic E-state index is 0.0335. The second-order valence-corrected chi connectivity index (χ2v) is 9.62. The Morgan fingerprint density at radius 3 is 2.54 bits per heavy atom. The first-order valence-electron chi connectivity index (χ1n) is 12.3. The number of nitrogens with one attached hydrogen (secondary N) is 2.